The lowest BCUT2D eigenvalue weighted by Crippen LogP contribution is -2.00. The van der Waals surface area contributed by atoms with Crippen LogP contribution in [-0.4, -0.2) is 14.8 Å². The van der Waals surface area contributed by atoms with Crippen molar-refractivity contribution in [2.75, 3.05) is 0 Å². The fraction of sp³-hybridized carbons (Fsp3) is 0.125. The van der Waals surface area contributed by atoms with Crippen LogP contribution in [0.5, 0.6) is 0 Å². The largest absolute Gasteiger partial charge is 0.461 e. The number of thioether (sulfide) groups is 1. The summed E-state index contributed by atoms with van der Waals surface area (Å²) in [6, 6.07) is 8.31. The van der Waals surface area contributed by atoms with Crippen molar-refractivity contribution in [3.05, 3.63) is 65.1 Å². The smallest absolute Gasteiger partial charge is 0.200 e. The zero-order valence-electron chi connectivity index (χ0n) is 12.1. The highest BCUT2D eigenvalue weighted by atomic mass is 79.9. The quantitative estimate of drug-likeness (QED) is 0.440. The van der Waals surface area contributed by atoms with Gasteiger partial charge in [0, 0.05) is 16.8 Å². The molecule has 3 rings (SSSR count). The van der Waals surface area contributed by atoms with E-state index in [-0.39, 0.29) is 5.82 Å². The van der Waals surface area contributed by atoms with E-state index in [1.165, 1.54) is 23.9 Å². The maximum atomic E-state index is 13.2. The molecule has 0 fully saturated rings. The average Bonchev–Trinajstić information content (AvgIpc) is 3.16. The molecule has 0 bridgehead atoms. The van der Waals surface area contributed by atoms with Gasteiger partial charge in [-0.1, -0.05) is 39.8 Å². The van der Waals surface area contributed by atoms with Gasteiger partial charge in [0.1, 0.15) is 5.82 Å². The molecular weight excluding hydrogens is 381 g/mol. The van der Waals surface area contributed by atoms with Crippen molar-refractivity contribution in [1.82, 2.24) is 14.8 Å². The molecule has 2 aromatic heterocycles. The van der Waals surface area contributed by atoms with E-state index >= 15 is 0 Å². The van der Waals surface area contributed by atoms with Crippen molar-refractivity contribution >= 4 is 27.7 Å². The maximum Gasteiger partial charge on any atom is 0.200 e. The molecule has 0 amide bonds. The molecule has 23 heavy (non-hydrogen) atoms. The SMILES string of the molecule is C=CCn1c(SCc2ccc(F)cc2Br)nnc1-c1ccco1. The van der Waals surface area contributed by atoms with Gasteiger partial charge in [0.25, 0.3) is 0 Å². The molecule has 1 aromatic carbocycles. The molecule has 0 aliphatic rings. The molecule has 0 unspecified atom stereocenters. The average molecular weight is 394 g/mol. The van der Waals surface area contributed by atoms with Crippen molar-refractivity contribution in [2.45, 2.75) is 17.5 Å². The highest BCUT2D eigenvalue weighted by Gasteiger charge is 2.16. The molecule has 3 aromatic rings. The summed E-state index contributed by atoms with van der Waals surface area (Å²) >= 11 is 4.90. The minimum absolute atomic E-state index is 0.263. The van der Waals surface area contributed by atoms with Crippen LogP contribution in [0, 0.1) is 5.82 Å². The van der Waals surface area contributed by atoms with Crippen LogP contribution in [0.15, 0.2) is 63.3 Å². The number of halogens is 2. The lowest BCUT2D eigenvalue weighted by Gasteiger charge is -2.07. The number of nitrogens with zero attached hydrogens (tertiary/aromatic N) is 3. The molecule has 0 spiro atoms. The molecule has 0 aliphatic carbocycles. The Hall–Kier alpha value is -1.86. The van der Waals surface area contributed by atoms with Crippen LogP contribution in [-0.2, 0) is 12.3 Å². The van der Waals surface area contributed by atoms with Crippen LogP contribution in [0.2, 0.25) is 0 Å². The Balaban J connectivity index is 1.84. The number of furan rings is 1. The lowest BCUT2D eigenvalue weighted by molar-refractivity contribution is 0.569. The molecule has 7 heteroatoms. The molecule has 4 nitrogen and oxygen atoms in total. The molecule has 118 valence electrons. The molecule has 0 N–H and O–H groups in total. The summed E-state index contributed by atoms with van der Waals surface area (Å²) in [5.41, 5.74) is 0.990. The first-order valence-electron chi connectivity index (χ1n) is 6.83. The van der Waals surface area contributed by atoms with Gasteiger partial charge in [-0.15, -0.1) is 16.8 Å². The molecule has 0 aliphatic heterocycles. The van der Waals surface area contributed by atoms with Gasteiger partial charge in [-0.3, -0.25) is 4.57 Å². The second-order valence-electron chi connectivity index (χ2n) is 4.71. The number of benzene rings is 1. The minimum Gasteiger partial charge on any atom is -0.461 e. The Bertz CT molecular complexity index is 817. The molecular formula is C16H13BrFN3OS. The van der Waals surface area contributed by atoms with Gasteiger partial charge in [0.05, 0.1) is 6.26 Å². The standard InChI is InChI=1S/C16H13BrFN3OS/c1-2-7-21-15(14-4-3-8-22-14)19-20-16(21)23-10-11-5-6-12(18)9-13(11)17/h2-6,8-9H,1,7,10H2. The highest BCUT2D eigenvalue weighted by Crippen LogP contribution is 2.29. The zero-order chi connectivity index (χ0) is 16.2. The summed E-state index contributed by atoms with van der Waals surface area (Å²) in [7, 11) is 0. The Morgan fingerprint density at radius 3 is 2.91 bits per heavy atom. The zero-order valence-corrected chi connectivity index (χ0v) is 14.5. The van der Waals surface area contributed by atoms with Crippen LogP contribution in [0.25, 0.3) is 11.6 Å². The normalized spacial score (nSPS) is 10.9. The third-order valence-corrected chi connectivity index (χ3v) is 4.90. The summed E-state index contributed by atoms with van der Waals surface area (Å²) in [5.74, 6) is 1.71. The van der Waals surface area contributed by atoms with Crippen molar-refractivity contribution in [2.24, 2.45) is 0 Å². The van der Waals surface area contributed by atoms with Crippen molar-refractivity contribution in [1.29, 1.82) is 0 Å². The van der Waals surface area contributed by atoms with Gasteiger partial charge in [0.2, 0.25) is 5.82 Å². The molecule has 2 heterocycles. The van der Waals surface area contributed by atoms with Crippen molar-refractivity contribution in [3.63, 3.8) is 0 Å². The minimum atomic E-state index is -0.263. The topological polar surface area (TPSA) is 43.9 Å². The fourth-order valence-corrected chi connectivity index (χ4v) is 3.69. The number of allylic oxidation sites excluding steroid dienone is 1. The summed E-state index contributed by atoms with van der Waals surface area (Å²) in [5, 5.41) is 9.19. The van der Waals surface area contributed by atoms with Crippen molar-refractivity contribution < 1.29 is 8.81 Å². The van der Waals surface area contributed by atoms with E-state index in [1.54, 1.807) is 18.4 Å². The summed E-state index contributed by atoms with van der Waals surface area (Å²) < 4.78 is 21.2. The lowest BCUT2D eigenvalue weighted by atomic mass is 10.2. The summed E-state index contributed by atoms with van der Waals surface area (Å²) in [4.78, 5) is 0. The second kappa shape index (κ2) is 7.14. The molecule has 0 saturated carbocycles. The van der Waals surface area contributed by atoms with E-state index in [1.807, 2.05) is 16.7 Å². The van der Waals surface area contributed by atoms with Gasteiger partial charge >= 0.3 is 0 Å². The van der Waals surface area contributed by atoms with E-state index in [2.05, 4.69) is 32.7 Å². The van der Waals surface area contributed by atoms with Crippen LogP contribution >= 0.6 is 27.7 Å². The van der Waals surface area contributed by atoms with Crippen LogP contribution in [0.1, 0.15) is 5.56 Å². The Morgan fingerprint density at radius 2 is 2.22 bits per heavy atom. The number of aromatic nitrogens is 3. The third-order valence-electron chi connectivity index (χ3n) is 3.14. The second-order valence-corrected chi connectivity index (χ2v) is 6.50. The summed E-state index contributed by atoms with van der Waals surface area (Å²) in [6.45, 7) is 4.36. The molecule has 0 radical (unpaired) electrons. The van der Waals surface area contributed by atoms with Gasteiger partial charge < -0.3 is 4.42 Å². The fourth-order valence-electron chi connectivity index (χ4n) is 2.06. The first kappa shape index (κ1) is 16.0. The van der Waals surface area contributed by atoms with Crippen LogP contribution in [0.4, 0.5) is 4.39 Å². The van der Waals surface area contributed by atoms with Gasteiger partial charge in [-0.05, 0) is 29.8 Å². The Kier molecular flexibility index (Phi) is 4.97. The monoisotopic (exact) mass is 393 g/mol. The van der Waals surface area contributed by atoms with Gasteiger partial charge in [0.15, 0.2) is 10.9 Å². The molecule has 0 atom stereocenters. The van der Waals surface area contributed by atoms with E-state index in [9.17, 15) is 4.39 Å². The Labute approximate surface area is 145 Å². The Morgan fingerprint density at radius 1 is 1.35 bits per heavy atom. The van der Waals surface area contributed by atoms with Crippen molar-refractivity contribution in [3.8, 4) is 11.6 Å². The number of rotatable bonds is 6. The van der Waals surface area contributed by atoms with Gasteiger partial charge in [-0.2, -0.15) is 0 Å². The first-order valence-corrected chi connectivity index (χ1v) is 8.61. The summed E-state index contributed by atoms with van der Waals surface area (Å²) in [6.07, 6.45) is 3.39. The predicted molar refractivity (Wildman–Crippen MR) is 91.6 cm³/mol. The number of hydrogen-bond acceptors (Lipinski definition) is 4. The van der Waals surface area contributed by atoms with E-state index in [4.69, 9.17) is 4.42 Å². The van der Waals surface area contributed by atoms with Gasteiger partial charge in [-0.25, -0.2) is 4.39 Å². The van der Waals surface area contributed by atoms with Crippen LogP contribution < -0.4 is 0 Å². The third kappa shape index (κ3) is 3.56. The van der Waals surface area contributed by atoms with Crippen LogP contribution in [0.3, 0.4) is 0 Å². The van der Waals surface area contributed by atoms with E-state index in [0.29, 0.717) is 23.9 Å². The molecule has 0 saturated heterocycles. The number of hydrogen-bond donors (Lipinski definition) is 0. The predicted octanol–water partition coefficient (Wildman–Crippen LogP) is 4.92. The maximum absolute atomic E-state index is 13.2. The van der Waals surface area contributed by atoms with E-state index < -0.39 is 0 Å². The van der Waals surface area contributed by atoms with E-state index in [0.717, 1.165) is 15.2 Å². The first-order chi connectivity index (χ1) is 11.2. The highest BCUT2D eigenvalue weighted by molar-refractivity contribution is 9.10.